The van der Waals surface area contributed by atoms with E-state index in [-0.39, 0.29) is 0 Å². The molecule has 2 unspecified atom stereocenters. The minimum atomic E-state index is -5.41. The van der Waals surface area contributed by atoms with Crippen molar-refractivity contribution >= 4 is 51.6 Å². The zero-order chi connectivity index (χ0) is 26.5. The summed E-state index contributed by atoms with van der Waals surface area (Å²) in [6.07, 6.45) is -17.7. The minimum absolute atomic E-state index is 0.387. The molecule has 2 N–H and O–H groups in total. The second kappa shape index (κ2) is 9.42. The number of anilines is 1. The Labute approximate surface area is 201 Å². The van der Waals surface area contributed by atoms with E-state index in [1.807, 2.05) is 0 Å². The molecule has 1 aromatic carbocycles. The van der Waals surface area contributed by atoms with Crippen molar-refractivity contribution in [2.24, 2.45) is 9.98 Å². The van der Waals surface area contributed by atoms with E-state index in [1.54, 1.807) is 0 Å². The van der Waals surface area contributed by atoms with Crippen molar-refractivity contribution in [1.82, 2.24) is 10.7 Å². The summed E-state index contributed by atoms with van der Waals surface area (Å²) in [5.41, 5.74) is -2.67. The second-order valence-corrected chi connectivity index (χ2v) is 8.58. The fourth-order valence-electron chi connectivity index (χ4n) is 3.04. The number of amidine groups is 2. The number of alkyl halides is 9. The van der Waals surface area contributed by atoms with E-state index in [0.29, 0.717) is 17.1 Å². The van der Waals surface area contributed by atoms with E-state index in [9.17, 15) is 48.3 Å². The van der Waals surface area contributed by atoms with Gasteiger partial charge in [0, 0.05) is 5.75 Å². The molecule has 0 bridgehead atoms. The van der Waals surface area contributed by atoms with E-state index >= 15 is 0 Å². The Morgan fingerprint density at radius 3 is 2.06 bits per heavy atom. The SMILES string of the molecule is O=S([O-])CCN=C1C2=C(C(F)(F)F)NC(C(F)(F)F)=NC2NN1c1c(Cl)cc(C(F)(F)F)cc1Cl. The van der Waals surface area contributed by atoms with Crippen LogP contribution >= 0.6 is 23.2 Å². The van der Waals surface area contributed by atoms with Crippen LogP contribution in [0.4, 0.5) is 45.2 Å². The molecule has 19 heteroatoms. The maximum Gasteiger partial charge on any atom is 0.449 e. The largest absolute Gasteiger partial charge is 0.772 e. The number of rotatable bonds is 4. The number of hydrogen-bond acceptors (Lipinski definition) is 6. The lowest BCUT2D eigenvalue weighted by molar-refractivity contribution is -0.137. The van der Waals surface area contributed by atoms with Gasteiger partial charge in [-0.15, -0.1) is 0 Å². The van der Waals surface area contributed by atoms with E-state index in [2.05, 4.69) is 15.4 Å². The molecule has 0 amide bonds. The van der Waals surface area contributed by atoms with Crippen molar-refractivity contribution in [3.05, 3.63) is 39.0 Å². The molecule has 0 saturated carbocycles. The summed E-state index contributed by atoms with van der Waals surface area (Å²) in [5, 5.41) is 0.179. The molecular weight excluding hydrogens is 568 g/mol. The van der Waals surface area contributed by atoms with Crippen LogP contribution in [0, 0.1) is 0 Å². The molecule has 0 radical (unpaired) electrons. The van der Waals surface area contributed by atoms with Gasteiger partial charge >= 0.3 is 18.5 Å². The number of nitrogens with zero attached hydrogens (tertiary/aromatic N) is 3. The smallest absolute Gasteiger partial charge is 0.449 e. The Balaban J connectivity index is 2.23. The van der Waals surface area contributed by atoms with Crippen molar-refractivity contribution < 1.29 is 48.3 Å². The summed E-state index contributed by atoms with van der Waals surface area (Å²) in [6.45, 7) is -0.670. The van der Waals surface area contributed by atoms with E-state index in [0.717, 1.165) is 5.32 Å². The predicted molar refractivity (Wildman–Crippen MR) is 107 cm³/mol. The predicted octanol–water partition coefficient (Wildman–Crippen LogP) is 4.32. The number of aliphatic imine (C=N–C) groups is 2. The fourth-order valence-corrected chi connectivity index (χ4v) is 3.94. The summed E-state index contributed by atoms with van der Waals surface area (Å²) in [7, 11) is 0. The zero-order valence-corrected chi connectivity index (χ0v) is 18.7. The molecule has 2 aliphatic rings. The van der Waals surface area contributed by atoms with Crippen molar-refractivity contribution in [3.8, 4) is 0 Å². The highest BCUT2D eigenvalue weighted by atomic mass is 35.5. The van der Waals surface area contributed by atoms with Gasteiger partial charge in [0.05, 0.1) is 33.4 Å². The zero-order valence-electron chi connectivity index (χ0n) is 16.4. The van der Waals surface area contributed by atoms with E-state index < -0.39 is 92.3 Å². The first-order valence-corrected chi connectivity index (χ1v) is 10.9. The normalized spacial score (nSPS) is 21.3. The average molecular weight is 577 g/mol. The van der Waals surface area contributed by atoms with Crippen LogP contribution in [0.5, 0.6) is 0 Å². The first-order valence-electron chi connectivity index (χ1n) is 8.88. The molecule has 3 rings (SSSR count). The van der Waals surface area contributed by atoms with Gasteiger partial charge in [0.2, 0.25) is 5.84 Å². The standard InChI is InChI=1S/C16H10Cl2F9N5O2S/c17-6-3-5(14(19,20)21)4-7(18)9(6)32-12(28-1-2-35(33)34)8-10(15(22,23)24)29-13(16(25,26)27)30-11(8)31-32/h3-4,11,31H,1-2H2,(H,29,30)(H,33,34)/p-1. The first kappa shape index (κ1) is 27.5. The first-order chi connectivity index (χ1) is 15.9. The van der Waals surface area contributed by atoms with E-state index in [1.165, 1.54) is 0 Å². The molecule has 7 nitrogen and oxygen atoms in total. The highest BCUT2D eigenvalue weighted by Crippen LogP contribution is 2.43. The van der Waals surface area contributed by atoms with Gasteiger partial charge in [0.1, 0.15) is 11.9 Å². The Kier molecular flexibility index (Phi) is 7.40. The van der Waals surface area contributed by atoms with Gasteiger partial charge in [-0.1, -0.05) is 34.3 Å². The lowest BCUT2D eigenvalue weighted by Gasteiger charge is -2.25. The molecule has 2 heterocycles. The molecule has 1 aromatic rings. The molecule has 0 aromatic heterocycles. The number of hydrogen-bond donors (Lipinski definition) is 2. The van der Waals surface area contributed by atoms with Crippen LogP contribution < -0.4 is 15.8 Å². The maximum atomic E-state index is 13.7. The summed E-state index contributed by atoms with van der Waals surface area (Å²) >= 11 is 9.11. The highest BCUT2D eigenvalue weighted by molar-refractivity contribution is 7.79. The lowest BCUT2D eigenvalue weighted by Crippen LogP contribution is -2.47. The van der Waals surface area contributed by atoms with Gasteiger partial charge in [-0.3, -0.25) is 14.2 Å². The van der Waals surface area contributed by atoms with Crippen LogP contribution in [-0.2, 0) is 17.3 Å². The number of hydrazine groups is 1. The minimum Gasteiger partial charge on any atom is -0.772 e. The molecule has 1 saturated heterocycles. The molecule has 35 heavy (non-hydrogen) atoms. The lowest BCUT2D eigenvalue weighted by atomic mass is 10.1. The topological polar surface area (TPSA) is 92.1 Å². The third kappa shape index (κ3) is 5.84. The van der Waals surface area contributed by atoms with Crippen molar-refractivity contribution in [3.63, 3.8) is 0 Å². The highest BCUT2D eigenvalue weighted by Gasteiger charge is 2.52. The number of nitrogens with one attached hydrogen (secondary N) is 2. The molecule has 2 aliphatic heterocycles. The Morgan fingerprint density at radius 2 is 1.60 bits per heavy atom. The van der Waals surface area contributed by atoms with Crippen molar-refractivity contribution in [2.45, 2.75) is 24.7 Å². The summed E-state index contributed by atoms with van der Waals surface area (Å²) in [5.74, 6) is -3.53. The second-order valence-electron chi connectivity index (χ2n) is 6.75. The number of halogens is 11. The molecule has 1 fully saturated rings. The van der Waals surface area contributed by atoms with Crippen LogP contribution in [0.25, 0.3) is 0 Å². The quantitative estimate of drug-likeness (QED) is 0.411. The Hall–Kier alpha value is -2.08. The van der Waals surface area contributed by atoms with Crippen molar-refractivity contribution in [1.29, 1.82) is 0 Å². The summed E-state index contributed by atoms with van der Waals surface area (Å²) < 4.78 is 142. The van der Waals surface area contributed by atoms with Crippen LogP contribution in [0.1, 0.15) is 5.56 Å². The monoisotopic (exact) mass is 576 g/mol. The molecular formula is C16H9Cl2F9N5O2S-. The third-order valence-electron chi connectivity index (χ3n) is 4.39. The van der Waals surface area contributed by atoms with Crippen LogP contribution in [0.2, 0.25) is 10.0 Å². The molecule has 194 valence electrons. The van der Waals surface area contributed by atoms with Crippen LogP contribution in [0.3, 0.4) is 0 Å². The van der Waals surface area contributed by atoms with Crippen LogP contribution in [0.15, 0.2) is 33.4 Å². The molecule has 2 atom stereocenters. The Bertz CT molecular complexity index is 1120. The Morgan fingerprint density at radius 1 is 1.03 bits per heavy atom. The van der Waals surface area contributed by atoms with Gasteiger partial charge in [-0.25, -0.2) is 4.99 Å². The summed E-state index contributed by atoms with van der Waals surface area (Å²) in [6, 6.07) is 0.775. The van der Waals surface area contributed by atoms with Gasteiger partial charge in [0.15, 0.2) is 5.84 Å². The third-order valence-corrected chi connectivity index (χ3v) is 5.48. The molecule has 0 spiro atoms. The fraction of sp³-hybridized carbons (Fsp3) is 0.375. The van der Waals surface area contributed by atoms with E-state index in [4.69, 9.17) is 23.2 Å². The van der Waals surface area contributed by atoms with Crippen molar-refractivity contribution in [2.75, 3.05) is 17.3 Å². The van der Waals surface area contributed by atoms with Gasteiger partial charge < -0.3 is 9.87 Å². The van der Waals surface area contributed by atoms with Gasteiger partial charge in [0.25, 0.3) is 0 Å². The van der Waals surface area contributed by atoms with Crippen LogP contribution in [-0.4, -0.2) is 51.2 Å². The number of benzene rings is 1. The number of allylic oxidation sites excluding steroid dienone is 1. The molecule has 0 aliphatic carbocycles. The van der Waals surface area contributed by atoms with Gasteiger partial charge in [-0.2, -0.15) is 44.9 Å². The van der Waals surface area contributed by atoms with Gasteiger partial charge in [-0.05, 0) is 12.1 Å². The summed E-state index contributed by atoms with van der Waals surface area (Å²) in [4.78, 5) is 6.87. The average Bonchev–Trinajstić information content (AvgIpc) is 3.02. The number of fused-ring (bicyclic) bond motifs is 1. The maximum absolute atomic E-state index is 13.7.